The van der Waals surface area contributed by atoms with Gasteiger partial charge in [-0.05, 0) is 37.1 Å². The van der Waals surface area contributed by atoms with Crippen LogP contribution in [-0.2, 0) is 0 Å². The Bertz CT molecular complexity index is 303. The number of hydrogen-bond donors (Lipinski definition) is 3. The lowest BCUT2D eigenvalue weighted by Gasteiger charge is -2.11. The van der Waals surface area contributed by atoms with Crippen LogP contribution in [0.3, 0.4) is 0 Å². The maximum absolute atomic E-state index is 5.74. The summed E-state index contributed by atoms with van der Waals surface area (Å²) in [7, 11) is 0. The van der Waals surface area contributed by atoms with Gasteiger partial charge in [0.1, 0.15) is 0 Å². The van der Waals surface area contributed by atoms with Gasteiger partial charge in [-0.15, -0.1) is 0 Å². The fourth-order valence-corrected chi connectivity index (χ4v) is 1.78. The van der Waals surface area contributed by atoms with Crippen molar-refractivity contribution >= 4 is 11.4 Å². The van der Waals surface area contributed by atoms with Gasteiger partial charge in [0.2, 0.25) is 0 Å². The Labute approximate surface area is 78.1 Å². The zero-order valence-electron chi connectivity index (χ0n) is 7.59. The molecule has 0 saturated carbocycles. The molecule has 1 atom stereocenters. The molecule has 0 bridgehead atoms. The van der Waals surface area contributed by atoms with Crippen LogP contribution in [0.4, 0.5) is 11.4 Å². The molecule has 0 aliphatic carbocycles. The van der Waals surface area contributed by atoms with E-state index in [0.29, 0.717) is 17.4 Å². The second-order valence-corrected chi connectivity index (χ2v) is 3.54. The predicted molar refractivity (Wildman–Crippen MR) is 55.2 cm³/mol. The van der Waals surface area contributed by atoms with Crippen LogP contribution < -0.4 is 16.8 Å². The van der Waals surface area contributed by atoms with E-state index in [0.717, 1.165) is 6.54 Å². The lowest BCUT2D eigenvalue weighted by Crippen LogP contribution is -2.13. The fraction of sp³-hybridized carbons (Fsp3) is 0.400. The van der Waals surface area contributed by atoms with E-state index in [1.807, 2.05) is 12.1 Å². The Morgan fingerprint density at radius 2 is 2.08 bits per heavy atom. The van der Waals surface area contributed by atoms with E-state index in [1.165, 1.54) is 18.4 Å². The number of nitrogens with two attached hydrogens (primary N) is 2. The van der Waals surface area contributed by atoms with Crippen molar-refractivity contribution in [1.82, 2.24) is 5.32 Å². The number of rotatable bonds is 1. The zero-order chi connectivity index (χ0) is 9.26. The van der Waals surface area contributed by atoms with Crippen molar-refractivity contribution < 1.29 is 0 Å². The molecule has 0 spiro atoms. The lowest BCUT2D eigenvalue weighted by molar-refractivity contribution is 0.648. The first kappa shape index (κ1) is 8.38. The molecule has 0 radical (unpaired) electrons. The SMILES string of the molecule is Nc1ccc(C2CCCN2)cc1N. The highest BCUT2D eigenvalue weighted by molar-refractivity contribution is 5.64. The smallest absolute Gasteiger partial charge is 0.0551 e. The molecule has 5 N–H and O–H groups in total. The minimum Gasteiger partial charge on any atom is -0.397 e. The zero-order valence-corrected chi connectivity index (χ0v) is 7.59. The first-order valence-electron chi connectivity index (χ1n) is 4.65. The monoisotopic (exact) mass is 177 g/mol. The molecule has 70 valence electrons. The van der Waals surface area contributed by atoms with Gasteiger partial charge in [0.25, 0.3) is 0 Å². The molecule has 2 rings (SSSR count). The number of nitrogens with one attached hydrogen (secondary N) is 1. The molecule has 1 aliphatic rings. The first-order chi connectivity index (χ1) is 6.27. The maximum atomic E-state index is 5.74. The van der Waals surface area contributed by atoms with Gasteiger partial charge in [-0.3, -0.25) is 0 Å². The van der Waals surface area contributed by atoms with Gasteiger partial charge >= 0.3 is 0 Å². The molecule has 13 heavy (non-hydrogen) atoms. The van der Waals surface area contributed by atoms with Crippen LogP contribution in [0, 0.1) is 0 Å². The normalized spacial score (nSPS) is 22.0. The highest BCUT2D eigenvalue weighted by atomic mass is 14.9. The van der Waals surface area contributed by atoms with Gasteiger partial charge in [0, 0.05) is 6.04 Å². The number of benzene rings is 1. The summed E-state index contributed by atoms with van der Waals surface area (Å²) in [6.07, 6.45) is 2.44. The summed E-state index contributed by atoms with van der Waals surface area (Å²) in [5.74, 6) is 0. The summed E-state index contributed by atoms with van der Waals surface area (Å²) in [6, 6.07) is 6.38. The largest absolute Gasteiger partial charge is 0.397 e. The molecule has 1 heterocycles. The van der Waals surface area contributed by atoms with Crippen molar-refractivity contribution in [3.8, 4) is 0 Å². The molecule has 1 aromatic rings. The van der Waals surface area contributed by atoms with Crippen LogP contribution in [0.15, 0.2) is 18.2 Å². The van der Waals surface area contributed by atoms with Crippen molar-refractivity contribution in [3.05, 3.63) is 23.8 Å². The van der Waals surface area contributed by atoms with Crippen molar-refractivity contribution in [3.63, 3.8) is 0 Å². The molecule has 1 aromatic carbocycles. The predicted octanol–water partition coefficient (Wildman–Crippen LogP) is 1.28. The summed E-state index contributed by atoms with van der Waals surface area (Å²) in [5.41, 5.74) is 14.0. The fourth-order valence-electron chi connectivity index (χ4n) is 1.78. The molecular weight excluding hydrogens is 162 g/mol. The van der Waals surface area contributed by atoms with Crippen LogP contribution in [0.2, 0.25) is 0 Å². The van der Waals surface area contributed by atoms with E-state index >= 15 is 0 Å². The van der Waals surface area contributed by atoms with Crippen LogP contribution in [-0.4, -0.2) is 6.54 Å². The van der Waals surface area contributed by atoms with Gasteiger partial charge in [0.15, 0.2) is 0 Å². The standard InChI is InChI=1S/C10H15N3/c11-8-4-3-7(6-9(8)12)10-2-1-5-13-10/h3-4,6,10,13H,1-2,5,11-12H2. The summed E-state index contributed by atoms with van der Waals surface area (Å²) >= 11 is 0. The van der Waals surface area contributed by atoms with Crippen molar-refractivity contribution in [2.75, 3.05) is 18.0 Å². The first-order valence-corrected chi connectivity index (χ1v) is 4.65. The lowest BCUT2D eigenvalue weighted by atomic mass is 10.0. The van der Waals surface area contributed by atoms with Crippen molar-refractivity contribution in [1.29, 1.82) is 0 Å². The van der Waals surface area contributed by atoms with Gasteiger partial charge in [-0.1, -0.05) is 6.07 Å². The van der Waals surface area contributed by atoms with Crippen molar-refractivity contribution in [2.24, 2.45) is 0 Å². The molecule has 0 amide bonds. The Balaban J connectivity index is 2.25. The van der Waals surface area contributed by atoms with Gasteiger partial charge < -0.3 is 16.8 Å². The number of anilines is 2. The minimum absolute atomic E-state index is 0.475. The van der Waals surface area contributed by atoms with Crippen molar-refractivity contribution in [2.45, 2.75) is 18.9 Å². The molecule has 1 fully saturated rings. The summed E-state index contributed by atoms with van der Waals surface area (Å²) < 4.78 is 0. The van der Waals surface area contributed by atoms with Gasteiger partial charge in [-0.2, -0.15) is 0 Å². The highest BCUT2D eigenvalue weighted by Gasteiger charge is 2.16. The highest BCUT2D eigenvalue weighted by Crippen LogP contribution is 2.26. The Morgan fingerprint density at radius 1 is 1.23 bits per heavy atom. The van der Waals surface area contributed by atoms with Crippen LogP contribution in [0.25, 0.3) is 0 Å². The van der Waals surface area contributed by atoms with Crippen LogP contribution in [0.5, 0.6) is 0 Å². The molecule has 0 aromatic heterocycles. The molecular formula is C10H15N3. The molecule has 3 heteroatoms. The minimum atomic E-state index is 0.475. The quantitative estimate of drug-likeness (QED) is 0.566. The van der Waals surface area contributed by atoms with E-state index in [-0.39, 0.29) is 0 Å². The third-order valence-electron chi connectivity index (χ3n) is 2.57. The second kappa shape index (κ2) is 3.26. The van der Waals surface area contributed by atoms with E-state index in [9.17, 15) is 0 Å². The summed E-state index contributed by atoms with van der Waals surface area (Å²) in [4.78, 5) is 0. The summed E-state index contributed by atoms with van der Waals surface area (Å²) in [6.45, 7) is 1.11. The molecule has 1 unspecified atom stereocenters. The van der Waals surface area contributed by atoms with Gasteiger partial charge in [0.05, 0.1) is 11.4 Å². The van der Waals surface area contributed by atoms with Crippen LogP contribution >= 0.6 is 0 Å². The van der Waals surface area contributed by atoms with E-state index < -0.39 is 0 Å². The van der Waals surface area contributed by atoms with E-state index in [2.05, 4.69) is 11.4 Å². The average molecular weight is 177 g/mol. The molecule has 1 saturated heterocycles. The Kier molecular flexibility index (Phi) is 2.10. The number of hydrogen-bond acceptors (Lipinski definition) is 3. The maximum Gasteiger partial charge on any atom is 0.0551 e. The van der Waals surface area contributed by atoms with Crippen LogP contribution in [0.1, 0.15) is 24.4 Å². The molecule has 1 aliphatic heterocycles. The number of nitrogen functional groups attached to an aromatic ring is 2. The average Bonchev–Trinajstić information content (AvgIpc) is 2.62. The second-order valence-electron chi connectivity index (χ2n) is 3.54. The summed E-state index contributed by atoms with van der Waals surface area (Å²) in [5, 5.41) is 3.42. The third-order valence-corrected chi connectivity index (χ3v) is 2.57. The van der Waals surface area contributed by atoms with E-state index in [1.54, 1.807) is 0 Å². The Morgan fingerprint density at radius 3 is 2.69 bits per heavy atom. The van der Waals surface area contributed by atoms with Gasteiger partial charge in [-0.25, -0.2) is 0 Å². The topological polar surface area (TPSA) is 64.1 Å². The molecule has 3 nitrogen and oxygen atoms in total. The Hall–Kier alpha value is -1.22. The van der Waals surface area contributed by atoms with E-state index in [4.69, 9.17) is 11.5 Å². The third kappa shape index (κ3) is 1.60.